The van der Waals surface area contributed by atoms with Crippen LogP contribution in [0.4, 0.5) is 4.39 Å². The van der Waals surface area contributed by atoms with Crippen molar-refractivity contribution in [1.82, 2.24) is 10.2 Å². The summed E-state index contributed by atoms with van der Waals surface area (Å²) in [4.78, 5) is 6.22. The molecule has 0 saturated heterocycles. The summed E-state index contributed by atoms with van der Waals surface area (Å²) in [6.07, 6.45) is 0. The van der Waals surface area contributed by atoms with Gasteiger partial charge in [-0.2, -0.15) is 0 Å². The van der Waals surface area contributed by atoms with Crippen molar-refractivity contribution in [3.05, 3.63) is 65.5 Å². The maximum Gasteiger partial charge on any atom is 0.193 e. The van der Waals surface area contributed by atoms with E-state index in [0.717, 1.165) is 22.8 Å². The molecule has 0 heterocycles. The van der Waals surface area contributed by atoms with Gasteiger partial charge in [-0.25, -0.2) is 4.39 Å². The molecule has 0 unspecified atom stereocenters. The van der Waals surface area contributed by atoms with Crippen molar-refractivity contribution in [1.29, 1.82) is 0 Å². The van der Waals surface area contributed by atoms with Crippen LogP contribution in [0.15, 0.2) is 53.5 Å². The van der Waals surface area contributed by atoms with Crippen LogP contribution in [-0.2, 0) is 13.1 Å². The molecule has 6 heteroatoms. The van der Waals surface area contributed by atoms with Gasteiger partial charge in [0.15, 0.2) is 5.96 Å². The summed E-state index contributed by atoms with van der Waals surface area (Å²) in [5.74, 6) is 1.34. The number of rotatable bonds is 5. The molecule has 2 rings (SSSR count). The van der Waals surface area contributed by atoms with Gasteiger partial charge in [-0.1, -0.05) is 30.3 Å². The fourth-order valence-electron chi connectivity index (χ4n) is 2.39. The summed E-state index contributed by atoms with van der Waals surface area (Å²) >= 11 is 0. The van der Waals surface area contributed by atoms with Gasteiger partial charge in [0.2, 0.25) is 0 Å². The second-order valence-electron chi connectivity index (χ2n) is 5.20. The van der Waals surface area contributed by atoms with Gasteiger partial charge >= 0.3 is 0 Å². The minimum absolute atomic E-state index is 0. The highest BCUT2D eigenvalue weighted by Gasteiger charge is 2.08. The average Bonchev–Trinajstić information content (AvgIpc) is 2.55. The molecule has 2 aromatic rings. The van der Waals surface area contributed by atoms with Gasteiger partial charge in [0.05, 0.1) is 7.11 Å². The molecule has 0 bridgehead atoms. The Morgan fingerprint density at radius 2 is 1.96 bits per heavy atom. The van der Waals surface area contributed by atoms with Gasteiger partial charge in [-0.15, -0.1) is 24.0 Å². The molecule has 0 aliphatic carbocycles. The third-order valence-electron chi connectivity index (χ3n) is 3.51. The van der Waals surface area contributed by atoms with E-state index in [-0.39, 0.29) is 29.8 Å². The van der Waals surface area contributed by atoms with E-state index in [4.69, 9.17) is 4.74 Å². The SMILES string of the molecule is CN=C(NCc1ccccc1OC)N(C)Cc1cccc(F)c1.I. The summed E-state index contributed by atoms with van der Waals surface area (Å²) < 4.78 is 18.6. The molecule has 0 atom stereocenters. The minimum atomic E-state index is -0.229. The molecule has 0 aromatic heterocycles. The first-order chi connectivity index (χ1) is 11.1. The molecule has 0 amide bonds. The molecule has 0 aliphatic heterocycles. The van der Waals surface area contributed by atoms with Crippen molar-refractivity contribution < 1.29 is 9.13 Å². The molecule has 0 radical (unpaired) electrons. The van der Waals surface area contributed by atoms with E-state index in [1.807, 2.05) is 42.3 Å². The summed E-state index contributed by atoms with van der Waals surface area (Å²) in [7, 11) is 5.30. The van der Waals surface area contributed by atoms with E-state index in [9.17, 15) is 4.39 Å². The van der Waals surface area contributed by atoms with Crippen molar-refractivity contribution in [2.24, 2.45) is 4.99 Å². The highest BCUT2D eigenvalue weighted by atomic mass is 127. The van der Waals surface area contributed by atoms with Gasteiger partial charge in [0, 0.05) is 32.7 Å². The van der Waals surface area contributed by atoms with Crippen LogP contribution in [0, 0.1) is 5.82 Å². The van der Waals surface area contributed by atoms with Crippen LogP contribution in [0.5, 0.6) is 5.75 Å². The molecule has 1 N–H and O–H groups in total. The quantitative estimate of drug-likeness (QED) is 0.436. The van der Waals surface area contributed by atoms with Gasteiger partial charge in [0.1, 0.15) is 11.6 Å². The first-order valence-electron chi connectivity index (χ1n) is 7.42. The molecule has 24 heavy (non-hydrogen) atoms. The van der Waals surface area contributed by atoms with Crippen LogP contribution in [0.3, 0.4) is 0 Å². The number of aliphatic imine (C=N–C) groups is 1. The topological polar surface area (TPSA) is 36.9 Å². The molecule has 0 saturated carbocycles. The lowest BCUT2D eigenvalue weighted by Gasteiger charge is -2.22. The van der Waals surface area contributed by atoms with Crippen molar-refractivity contribution in [2.45, 2.75) is 13.1 Å². The number of ether oxygens (including phenoxy) is 1. The third-order valence-corrected chi connectivity index (χ3v) is 3.51. The number of halogens is 2. The standard InChI is InChI=1S/C18H22FN3O.HI/c1-20-18(21-12-15-8-4-5-10-17(15)23-3)22(2)13-14-7-6-9-16(19)11-14;/h4-11H,12-13H2,1-3H3,(H,20,21);1H. The van der Waals surface area contributed by atoms with Gasteiger partial charge in [0.25, 0.3) is 0 Å². The fourth-order valence-corrected chi connectivity index (χ4v) is 2.39. The fraction of sp³-hybridized carbons (Fsp3) is 0.278. The summed E-state index contributed by atoms with van der Waals surface area (Å²) in [6.45, 7) is 1.17. The van der Waals surface area contributed by atoms with Crippen LogP contribution in [0.2, 0.25) is 0 Å². The third kappa shape index (κ3) is 5.67. The molecule has 130 valence electrons. The number of nitrogens with one attached hydrogen (secondary N) is 1. The summed E-state index contributed by atoms with van der Waals surface area (Å²) in [5.41, 5.74) is 1.95. The molecule has 0 spiro atoms. The molecular weight excluding hydrogens is 420 g/mol. The largest absolute Gasteiger partial charge is 0.496 e. The van der Waals surface area contributed by atoms with Crippen molar-refractivity contribution in [2.75, 3.05) is 21.2 Å². The summed E-state index contributed by atoms with van der Waals surface area (Å²) in [5, 5.41) is 3.30. The predicted molar refractivity (Wildman–Crippen MR) is 106 cm³/mol. The van der Waals surface area contributed by atoms with Crippen LogP contribution in [0.25, 0.3) is 0 Å². The number of hydrogen-bond donors (Lipinski definition) is 1. The van der Waals surface area contributed by atoms with Gasteiger partial charge in [-0.3, -0.25) is 4.99 Å². The Bertz CT molecular complexity index is 679. The normalized spacial score (nSPS) is 10.8. The Balaban J connectivity index is 0.00000288. The molecular formula is C18H23FIN3O. The highest BCUT2D eigenvalue weighted by Crippen LogP contribution is 2.16. The maximum atomic E-state index is 13.3. The van der Waals surface area contributed by atoms with Crippen molar-refractivity contribution >= 4 is 29.9 Å². The van der Waals surface area contributed by atoms with E-state index < -0.39 is 0 Å². The Morgan fingerprint density at radius 1 is 1.21 bits per heavy atom. The number of methoxy groups -OCH3 is 1. The number of para-hydroxylation sites is 1. The summed E-state index contributed by atoms with van der Waals surface area (Å²) in [6, 6.07) is 14.4. The van der Waals surface area contributed by atoms with Gasteiger partial charge in [-0.05, 0) is 23.8 Å². The van der Waals surface area contributed by atoms with E-state index >= 15 is 0 Å². The Morgan fingerprint density at radius 3 is 2.62 bits per heavy atom. The number of benzene rings is 2. The lowest BCUT2D eigenvalue weighted by molar-refractivity contribution is 0.408. The Kier molecular flexibility index (Phi) is 8.53. The zero-order chi connectivity index (χ0) is 16.7. The van der Waals surface area contributed by atoms with Crippen LogP contribution >= 0.6 is 24.0 Å². The van der Waals surface area contributed by atoms with E-state index in [2.05, 4.69) is 10.3 Å². The van der Waals surface area contributed by atoms with E-state index in [1.54, 1.807) is 20.2 Å². The van der Waals surface area contributed by atoms with Crippen molar-refractivity contribution in [3.8, 4) is 5.75 Å². The first kappa shape index (κ1) is 20.2. The lowest BCUT2D eigenvalue weighted by atomic mass is 10.2. The highest BCUT2D eigenvalue weighted by molar-refractivity contribution is 14.0. The van der Waals surface area contributed by atoms with E-state index in [1.165, 1.54) is 12.1 Å². The Hall–Kier alpha value is -1.83. The van der Waals surface area contributed by atoms with E-state index in [0.29, 0.717) is 13.1 Å². The lowest BCUT2D eigenvalue weighted by Crippen LogP contribution is -2.38. The monoisotopic (exact) mass is 443 g/mol. The first-order valence-corrected chi connectivity index (χ1v) is 7.42. The second kappa shape index (κ2) is 10.1. The predicted octanol–water partition coefficient (Wildman–Crippen LogP) is 3.66. The molecule has 0 aliphatic rings. The molecule has 0 fully saturated rings. The second-order valence-corrected chi connectivity index (χ2v) is 5.20. The van der Waals surface area contributed by atoms with Crippen molar-refractivity contribution in [3.63, 3.8) is 0 Å². The zero-order valence-electron chi connectivity index (χ0n) is 14.1. The zero-order valence-corrected chi connectivity index (χ0v) is 16.5. The number of hydrogen-bond acceptors (Lipinski definition) is 2. The number of guanidine groups is 1. The van der Waals surface area contributed by atoms with Crippen LogP contribution in [0.1, 0.15) is 11.1 Å². The average molecular weight is 443 g/mol. The maximum absolute atomic E-state index is 13.3. The number of nitrogens with zero attached hydrogens (tertiary/aromatic N) is 2. The van der Waals surface area contributed by atoms with Crippen LogP contribution in [-0.4, -0.2) is 32.1 Å². The minimum Gasteiger partial charge on any atom is -0.496 e. The Labute approximate surface area is 159 Å². The van der Waals surface area contributed by atoms with Gasteiger partial charge < -0.3 is 15.0 Å². The van der Waals surface area contributed by atoms with Crippen LogP contribution < -0.4 is 10.1 Å². The molecule has 2 aromatic carbocycles. The smallest absolute Gasteiger partial charge is 0.193 e. The molecule has 4 nitrogen and oxygen atoms in total.